The van der Waals surface area contributed by atoms with Crippen molar-refractivity contribution in [3.8, 4) is 24.0 Å². The smallest absolute Gasteiger partial charge is 0.321 e. The number of nitrogens with two attached hydrogens (primary N) is 2. The molecule has 0 aliphatic carbocycles. The van der Waals surface area contributed by atoms with Crippen molar-refractivity contribution in [3.63, 3.8) is 0 Å². The fourth-order valence-corrected chi connectivity index (χ4v) is 2.03. The molecular formula is C13H13N13O2. The molecule has 3 heterocycles. The van der Waals surface area contributed by atoms with Crippen molar-refractivity contribution < 1.29 is 10.2 Å². The van der Waals surface area contributed by atoms with Crippen LogP contribution in [0.3, 0.4) is 0 Å². The van der Waals surface area contributed by atoms with E-state index in [-0.39, 0.29) is 40.6 Å². The molecule has 0 aliphatic heterocycles. The van der Waals surface area contributed by atoms with Crippen LogP contribution in [0.5, 0.6) is 12.0 Å². The number of aromatic hydroxyl groups is 2. The maximum atomic E-state index is 9.42. The molecule has 142 valence electrons. The van der Waals surface area contributed by atoms with E-state index in [0.29, 0.717) is 6.54 Å². The van der Waals surface area contributed by atoms with E-state index in [9.17, 15) is 15.5 Å². The third-order valence-electron chi connectivity index (χ3n) is 3.17. The summed E-state index contributed by atoms with van der Waals surface area (Å²) < 4.78 is 0.962. The van der Waals surface area contributed by atoms with Gasteiger partial charge in [0.1, 0.15) is 11.6 Å². The van der Waals surface area contributed by atoms with E-state index >= 15 is 0 Å². The molecule has 28 heavy (non-hydrogen) atoms. The second-order valence-corrected chi connectivity index (χ2v) is 5.04. The summed E-state index contributed by atoms with van der Waals surface area (Å²) in [6, 6.07) is 0.370. The number of nitriles is 1. The number of anilines is 3. The van der Waals surface area contributed by atoms with Gasteiger partial charge in [-0.3, -0.25) is 0 Å². The average molecular weight is 383 g/mol. The van der Waals surface area contributed by atoms with Crippen LogP contribution in [0.2, 0.25) is 0 Å². The molecule has 0 saturated carbocycles. The van der Waals surface area contributed by atoms with Gasteiger partial charge in [-0.2, -0.15) is 35.0 Å². The van der Waals surface area contributed by atoms with E-state index in [2.05, 4.69) is 45.6 Å². The van der Waals surface area contributed by atoms with E-state index in [1.54, 1.807) is 0 Å². The van der Waals surface area contributed by atoms with Gasteiger partial charge in [-0.1, -0.05) is 0 Å². The van der Waals surface area contributed by atoms with Gasteiger partial charge in [0.25, 0.3) is 5.95 Å². The monoisotopic (exact) mass is 383 g/mol. The zero-order chi connectivity index (χ0) is 20.3. The second kappa shape index (κ2) is 7.33. The summed E-state index contributed by atoms with van der Waals surface area (Å²) in [7, 11) is 0. The summed E-state index contributed by atoms with van der Waals surface area (Å²) in [6.45, 7) is 2.42. The summed E-state index contributed by atoms with van der Waals surface area (Å²) in [4.78, 5) is 18.5. The highest BCUT2D eigenvalue weighted by Gasteiger charge is 2.17. The predicted molar refractivity (Wildman–Crippen MR) is 94.2 cm³/mol. The summed E-state index contributed by atoms with van der Waals surface area (Å²) in [5.41, 5.74) is 11.7. The van der Waals surface area contributed by atoms with Crippen LogP contribution in [-0.4, -0.2) is 51.5 Å². The molecule has 0 aromatic carbocycles. The van der Waals surface area contributed by atoms with Crippen LogP contribution in [0, 0.1) is 11.3 Å². The van der Waals surface area contributed by atoms with Crippen molar-refractivity contribution in [2.45, 2.75) is 6.92 Å². The molecule has 0 unspecified atom stereocenters. The second-order valence-electron chi connectivity index (χ2n) is 5.04. The van der Waals surface area contributed by atoms with Gasteiger partial charge in [0, 0.05) is 6.54 Å². The molecule has 7 N–H and O–H groups in total. The number of nitrogen functional groups attached to an aromatic ring is 2. The third-order valence-corrected chi connectivity index (χ3v) is 3.17. The van der Waals surface area contributed by atoms with Crippen molar-refractivity contribution in [1.29, 1.82) is 5.26 Å². The van der Waals surface area contributed by atoms with E-state index in [1.807, 2.05) is 13.0 Å². The minimum Gasteiger partial charge on any atom is -0.479 e. The molecule has 0 bridgehead atoms. The van der Waals surface area contributed by atoms with Gasteiger partial charge in [-0.15, -0.1) is 15.2 Å². The lowest BCUT2D eigenvalue weighted by Crippen LogP contribution is -2.07. The Balaban J connectivity index is 2.06. The van der Waals surface area contributed by atoms with Crippen LogP contribution < -0.4 is 16.8 Å². The molecule has 15 nitrogen and oxygen atoms in total. The van der Waals surface area contributed by atoms with Crippen LogP contribution in [0.1, 0.15) is 12.5 Å². The number of hydrogen-bond acceptors (Lipinski definition) is 14. The quantitative estimate of drug-likeness (QED) is 0.370. The molecule has 15 heteroatoms. The molecule has 0 spiro atoms. The number of rotatable bonds is 5. The Morgan fingerprint density at radius 3 is 2.32 bits per heavy atom. The van der Waals surface area contributed by atoms with Crippen LogP contribution in [0.15, 0.2) is 16.4 Å². The Kier molecular flexibility index (Phi) is 4.76. The van der Waals surface area contributed by atoms with Crippen molar-refractivity contribution in [3.05, 3.63) is 11.8 Å². The molecule has 0 saturated heterocycles. The average Bonchev–Trinajstić information content (AvgIpc) is 3.03. The fraction of sp³-hybridized carbons (Fsp3) is 0.154. The molecule has 0 atom stereocenters. The molecule has 0 amide bonds. The lowest BCUT2D eigenvalue weighted by atomic mass is 10.4. The van der Waals surface area contributed by atoms with E-state index in [4.69, 9.17) is 11.5 Å². The van der Waals surface area contributed by atoms with Gasteiger partial charge < -0.3 is 27.0 Å². The Bertz CT molecular complexity index is 1060. The zero-order valence-electron chi connectivity index (χ0n) is 14.3. The van der Waals surface area contributed by atoms with Crippen LogP contribution in [0.4, 0.5) is 29.1 Å². The van der Waals surface area contributed by atoms with Crippen LogP contribution >= 0.6 is 0 Å². The Morgan fingerprint density at radius 1 is 1.11 bits per heavy atom. The summed E-state index contributed by atoms with van der Waals surface area (Å²) in [5.74, 6) is -0.239. The van der Waals surface area contributed by atoms with E-state index < -0.39 is 12.0 Å². The minimum atomic E-state index is -0.750. The SMILES string of the molecule is CCNc1nc(N)c(/N=N/c2c(C#N)cnn2-c2nc(O)nc(O)n2)c(N)n1. The zero-order valence-corrected chi connectivity index (χ0v) is 14.3. The van der Waals surface area contributed by atoms with Gasteiger partial charge in [-0.25, -0.2) is 0 Å². The third kappa shape index (κ3) is 3.50. The predicted octanol–water partition coefficient (Wildman–Crippen LogP) is 0.142. The molecule has 0 fully saturated rings. The van der Waals surface area contributed by atoms with Gasteiger partial charge in [0.2, 0.25) is 5.95 Å². The molecule has 0 radical (unpaired) electrons. The lowest BCUT2D eigenvalue weighted by molar-refractivity contribution is 0.379. The highest BCUT2D eigenvalue weighted by molar-refractivity contribution is 5.71. The van der Waals surface area contributed by atoms with Gasteiger partial charge in [0.05, 0.1) is 6.20 Å². The first kappa shape index (κ1) is 18.2. The minimum absolute atomic E-state index is 0.00507. The Labute approximate surface area is 156 Å². The van der Waals surface area contributed by atoms with Crippen molar-refractivity contribution in [2.24, 2.45) is 10.2 Å². The number of azo groups is 1. The van der Waals surface area contributed by atoms with Crippen molar-refractivity contribution >= 4 is 29.1 Å². The lowest BCUT2D eigenvalue weighted by Gasteiger charge is -2.06. The van der Waals surface area contributed by atoms with Crippen molar-refractivity contribution in [2.75, 3.05) is 23.3 Å². The van der Waals surface area contributed by atoms with Gasteiger partial charge in [0.15, 0.2) is 23.1 Å². The first-order valence-corrected chi connectivity index (χ1v) is 7.64. The molecule has 3 aromatic heterocycles. The first-order chi connectivity index (χ1) is 13.4. The molecule has 0 aliphatic rings. The van der Waals surface area contributed by atoms with Crippen LogP contribution in [-0.2, 0) is 0 Å². The van der Waals surface area contributed by atoms with Gasteiger partial charge in [-0.05, 0) is 6.92 Å². The first-order valence-electron chi connectivity index (χ1n) is 7.64. The maximum absolute atomic E-state index is 9.42. The molecule has 3 rings (SSSR count). The number of aromatic nitrogens is 7. The molecular weight excluding hydrogens is 370 g/mol. The number of nitrogens with zero attached hydrogens (tertiary/aromatic N) is 10. The van der Waals surface area contributed by atoms with E-state index in [0.717, 1.165) is 4.68 Å². The highest BCUT2D eigenvalue weighted by Crippen LogP contribution is 2.31. The summed E-state index contributed by atoms with van der Waals surface area (Å²) >= 11 is 0. The Hall–Kier alpha value is -4.61. The normalized spacial score (nSPS) is 10.9. The molecule has 3 aromatic rings. The summed E-state index contributed by atoms with van der Waals surface area (Å²) in [6.07, 6.45) is 1.17. The summed E-state index contributed by atoms with van der Waals surface area (Å²) in [5, 5.41) is 42.7. The number of nitrogens with one attached hydrogen (secondary N) is 1. The largest absolute Gasteiger partial charge is 0.479 e. The van der Waals surface area contributed by atoms with E-state index in [1.165, 1.54) is 6.20 Å². The van der Waals surface area contributed by atoms with Crippen molar-refractivity contribution in [1.82, 2.24) is 34.7 Å². The topological polar surface area (TPSA) is 235 Å². The standard InChI is InChI=1S/C13H13N13O2/c1-2-17-10-19-7(15)6(8(16)20-10)24-25-9-5(3-14)4-18-26(9)11-21-12(27)23-13(28)22-11/h4H,2H2,1H3,(H5,15,16,17,19,20)(H2,21,22,23,27,28)/b25-24+. The highest BCUT2D eigenvalue weighted by atomic mass is 16.3. The Morgan fingerprint density at radius 2 is 1.75 bits per heavy atom. The van der Waals surface area contributed by atoms with Gasteiger partial charge >= 0.3 is 12.0 Å². The number of hydrogen-bond donors (Lipinski definition) is 5. The maximum Gasteiger partial charge on any atom is 0.321 e. The fourth-order valence-electron chi connectivity index (χ4n) is 2.03. The van der Waals surface area contributed by atoms with Crippen LogP contribution in [0.25, 0.3) is 5.95 Å².